The van der Waals surface area contributed by atoms with E-state index in [-0.39, 0.29) is 6.54 Å². The maximum atomic E-state index is 13.3. The molecule has 3 rings (SSSR count). The molecule has 0 spiro atoms. The van der Waals surface area contributed by atoms with Crippen LogP contribution >= 0.6 is 0 Å². The molecule has 25 heavy (non-hydrogen) atoms. The zero-order valence-corrected chi connectivity index (χ0v) is 15.4. The maximum absolute atomic E-state index is 13.3. The molecule has 1 aromatic carbocycles. The second-order valence-electron chi connectivity index (χ2n) is 6.78. The Morgan fingerprint density at radius 1 is 1.12 bits per heavy atom. The van der Waals surface area contributed by atoms with Gasteiger partial charge in [0.25, 0.3) is 10.2 Å². The molecule has 0 unspecified atom stereocenters. The van der Waals surface area contributed by atoms with Gasteiger partial charge in [-0.05, 0) is 31.5 Å². The second-order valence-corrected chi connectivity index (χ2v) is 8.71. The summed E-state index contributed by atoms with van der Waals surface area (Å²) < 4.78 is 40.5. The summed E-state index contributed by atoms with van der Waals surface area (Å²) in [5.74, 6) is 0.618. The van der Waals surface area contributed by atoms with Crippen molar-refractivity contribution >= 4 is 10.2 Å². The number of ether oxygens (including phenoxy) is 1. The van der Waals surface area contributed by atoms with Gasteiger partial charge in [-0.25, -0.2) is 0 Å². The smallest absolute Gasteiger partial charge is 0.282 e. The summed E-state index contributed by atoms with van der Waals surface area (Å²) >= 11 is 0. The Bertz CT molecular complexity index is 773. The van der Waals surface area contributed by atoms with Gasteiger partial charge in [0.1, 0.15) is 5.76 Å². The normalized spacial score (nSPS) is 18.5. The van der Waals surface area contributed by atoms with Crippen LogP contribution in [0.25, 0.3) is 0 Å². The van der Waals surface area contributed by atoms with E-state index in [4.69, 9.17) is 9.15 Å². The second kappa shape index (κ2) is 7.29. The van der Waals surface area contributed by atoms with E-state index in [2.05, 4.69) is 0 Å². The molecule has 0 amide bonds. The van der Waals surface area contributed by atoms with E-state index in [1.807, 2.05) is 44.2 Å². The molecule has 136 valence electrons. The van der Waals surface area contributed by atoms with E-state index < -0.39 is 15.8 Å². The zero-order chi connectivity index (χ0) is 17.9. The van der Waals surface area contributed by atoms with Gasteiger partial charge in [-0.2, -0.15) is 17.0 Å². The molecule has 6 nitrogen and oxygen atoms in total. The molecule has 0 radical (unpaired) electrons. The van der Waals surface area contributed by atoms with Crippen molar-refractivity contribution in [3.63, 3.8) is 0 Å². The SMILES string of the molecule is CC1(C)CN(S(=O)(=O)N(Cc2ccccc2)Cc2ccco2)CCO1. The van der Waals surface area contributed by atoms with Crippen LogP contribution in [0.5, 0.6) is 0 Å². The highest BCUT2D eigenvalue weighted by atomic mass is 32.2. The molecule has 2 aromatic rings. The van der Waals surface area contributed by atoms with E-state index in [0.29, 0.717) is 32.0 Å². The van der Waals surface area contributed by atoms with Crippen molar-refractivity contribution in [2.75, 3.05) is 19.7 Å². The first-order valence-electron chi connectivity index (χ1n) is 8.32. The van der Waals surface area contributed by atoms with Gasteiger partial charge in [0.2, 0.25) is 0 Å². The van der Waals surface area contributed by atoms with Gasteiger partial charge >= 0.3 is 0 Å². The Labute approximate surface area is 149 Å². The average Bonchev–Trinajstić information content (AvgIpc) is 3.07. The zero-order valence-electron chi connectivity index (χ0n) is 14.6. The molecule has 1 aromatic heterocycles. The van der Waals surface area contributed by atoms with Gasteiger partial charge in [-0.1, -0.05) is 30.3 Å². The summed E-state index contributed by atoms with van der Waals surface area (Å²) in [5.41, 5.74) is 0.444. The van der Waals surface area contributed by atoms with Gasteiger partial charge < -0.3 is 9.15 Å². The highest BCUT2D eigenvalue weighted by molar-refractivity contribution is 7.86. The highest BCUT2D eigenvalue weighted by Crippen LogP contribution is 2.23. The van der Waals surface area contributed by atoms with E-state index in [1.165, 1.54) is 8.61 Å². The lowest BCUT2D eigenvalue weighted by Crippen LogP contribution is -2.54. The molecular weight excluding hydrogens is 340 g/mol. The van der Waals surface area contributed by atoms with E-state index in [9.17, 15) is 8.42 Å². The summed E-state index contributed by atoms with van der Waals surface area (Å²) in [6.45, 7) is 5.38. The fourth-order valence-corrected chi connectivity index (χ4v) is 4.62. The van der Waals surface area contributed by atoms with Crippen molar-refractivity contribution in [3.8, 4) is 0 Å². The Morgan fingerprint density at radius 3 is 2.52 bits per heavy atom. The monoisotopic (exact) mass is 364 g/mol. The fraction of sp³-hybridized carbons (Fsp3) is 0.444. The third kappa shape index (κ3) is 4.49. The molecule has 0 bridgehead atoms. The number of hydrogen-bond donors (Lipinski definition) is 0. The third-order valence-corrected chi connectivity index (χ3v) is 6.03. The van der Waals surface area contributed by atoms with Gasteiger partial charge in [-0.3, -0.25) is 0 Å². The highest BCUT2D eigenvalue weighted by Gasteiger charge is 2.37. The molecule has 0 aliphatic carbocycles. The van der Waals surface area contributed by atoms with Crippen molar-refractivity contribution in [1.29, 1.82) is 0 Å². The van der Waals surface area contributed by atoms with Gasteiger partial charge in [-0.15, -0.1) is 0 Å². The lowest BCUT2D eigenvalue weighted by atomic mass is 10.1. The van der Waals surface area contributed by atoms with Crippen LogP contribution in [0.1, 0.15) is 25.2 Å². The van der Waals surface area contributed by atoms with Gasteiger partial charge in [0.05, 0.1) is 25.0 Å². The lowest BCUT2D eigenvalue weighted by Gasteiger charge is -2.39. The van der Waals surface area contributed by atoms with Crippen LogP contribution in [0, 0.1) is 0 Å². The number of rotatable bonds is 6. The number of hydrogen-bond acceptors (Lipinski definition) is 4. The summed E-state index contributed by atoms with van der Waals surface area (Å²) in [6, 6.07) is 13.1. The Kier molecular flexibility index (Phi) is 5.29. The number of furan rings is 1. The Hall–Kier alpha value is -1.67. The molecular formula is C18H24N2O4S. The predicted molar refractivity (Wildman–Crippen MR) is 94.9 cm³/mol. The summed E-state index contributed by atoms with van der Waals surface area (Å²) in [4.78, 5) is 0. The molecule has 1 fully saturated rings. The van der Waals surface area contributed by atoms with Crippen LogP contribution in [-0.2, 0) is 28.0 Å². The first kappa shape index (κ1) is 18.1. The summed E-state index contributed by atoms with van der Waals surface area (Å²) in [6.07, 6.45) is 1.56. The van der Waals surface area contributed by atoms with Gasteiger partial charge in [0, 0.05) is 19.6 Å². The molecule has 2 heterocycles. The minimum Gasteiger partial charge on any atom is -0.468 e. The quantitative estimate of drug-likeness (QED) is 0.790. The summed E-state index contributed by atoms with van der Waals surface area (Å²) in [5, 5.41) is 0. The minimum absolute atomic E-state index is 0.196. The molecule has 0 N–H and O–H groups in total. The van der Waals surface area contributed by atoms with Crippen molar-refractivity contribution in [2.45, 2.75) is 32.5 Å². The minimum atomic E-state index is -3.64. The summed E-state index contributed by atoms with van der Waals surface area (Å²) in [7, 11) is -3.64. The fourth-order valence-electron chi connectivity index (χ4n) is 2.92. The lowest BCUT2D eigenvalue weighted by molar-refractivity contribution is -0.0653. The van der Waals surface area contributed by atoms with Crippen molar-refractivity contribution in [3.05, 3.63) is 60.1 Å². The molecule has 1 aliphatic heterocycles. The van der Waals surface area contributed by atoms with Crippen LogP contribution < -0.4 is 0 Å². The molecule has 1 saturated heterocycles. The standard InChI is InChI=1S/C18H24N2O4S/c1-18(2)15-19(10-12-24-18)25(21,22)20(14-17-9-6-11-23-17)13-16-7-4-3-5-8-16/h3-9,11H,10,12-15H2,1-2H3. The molecule has 0 saturated carbocycles. The molecule has 7 heteroatoms. The third-order valence-electron chi connectivity index (χ3n) is 4.16. The average molecular weight is 364 g/mol. The Morgan fingerprint density at radius 2 is 1.88 bits per heavy atom. The van der Waals surface area contributed by atoms with Crippen LogP contribution in [-0.4, -0.2) is 42.3 Å². The molecule has 0 atom stereocenters. The maximum Gasteiger partial charge on any atom is 0.282 e. The van der Waals surface area contributed by atoms with Crippen LogP contribution in [0.4, 0.5) is 0 Å². The van der Waals surface area contributed by atoms with Crippen molar-refractivity contribution < 1.29 is 17.6 Å². The molecule has 1 aliphatic rings. The predicted octanol–water partition coefficient (Wildman–Crippen LogP) is 2.64. The first-order chi connectivity index (χ1) is 11.9. The topological polar surface area (TPSA) is 63.0 Å². The van der Waals surface area contributed by atoms with E-state index >= 15 is 0 Å². The van der Waals surface area contributed by atoms with E-state index in [0.717, 1.165) is 5.56 Å². The van der Waals surface area contributed by atoms with Crippen molar-refractivity contribution in [1.82, 2.24) is 8.61 Å². The number of nitrogens with zero attached hydrogens (tertiary/aromatic N) is 2. The van der Waals surface area contributed by atoms with Crippen molar-refractivity contribution in [2.24, 2.45) is 0 Å². The van der Waals surface area contributed by atoms with Crippen LogP contribution in [0.2, 0.25) is 0 Å². The van der Waals surface area contributed by atoms with E-state index in [1.54, 1.807) is 18.4 Å². The van der Waals surface area contributed by atoms with Gasteiger partial charge in [0.15, 0.2) is 0 Å². The number of benzene rings is 1. The Balaban J connectivity index is 1.86. The first-order valence-corrected chi connectivity index (χ1v) is 9.72. The largest absolute Gasteiger partial charge is 0.468 e. The number of morpholine rings is 1. The van der Waals surface area contributed by atoms with Crippen LogP contribution in [0.15, 0.2) is 53.1 Å². The van der Waals surface area contributed by atoms with Crippen LogP contribution in [0.3, 0.4) is 0 Å².